The van der Waals surface area contributed by atoms with Gasteiger partial charge in [-0.25, -0.2) is 15.0 Å². The van der Waals surface area contributed by atoms with Crippen LogP contribution in [-0.4, -0.2) is 19.9 Å². The second kappa shape index (κ2) is 6.74. The lowest BCUT2D eigenvalue weighted by molar-refractivity contribution is 1.16. The van der Waals surface area contributed by atoms with Crippen molar-refractivity contribution < 1.29 is 0 Å². The fraction of sp³-hybridized carbons (Fsp3) is 0. The summed E-state index contributed by atoms with van der Waals surface area (Å²) in [5.41, 5.74) is 1.24. The summed E-state index contributed by atoms with van der Waals surface area (Å²) in [7, 11) is 0. The van der Waals surface area contributed by atoms with E-state index in [4.69, 9.17) is 0 Å². The zero-order valence-electron chi connectivity index (χ0n) is 10.6. The molecule has 0 saturated carbocycles. The summed E-state index contributed by atoms with van der Waals surface area (Å²) in [5.74, 6) is 0.443. The Labute approximate surface area is 131 Å². The molecule has 0 unspecified atom stereocenters. The standard InChI is InChI=1S/C13H8N6S.ClH/c14-8-10-11(9-4-1-2-5-15-9)18-13(20-10)19-12-16-6-3-7-17-12;/h1-7H,(H,16,17,18,19);1H. The lowest BCUT2D eigenvalue weighted by atomic mass is 10.2. The van der Waals surface area contributed by atoms with E-state index in [0.717, 1.165) is 0 Å². The van der Waals surface area contributed by atoms with Gasteiger partial charge >= 0.3 is 0 Å². The van der Waals surface area contributed by atoms with Crippen LogP contribution in [0.4, 0.5) is 11.1 Å². The molecular weight excluding hydrogens is 308 g/mol. The first-order valence-electron chi connectivity index (χ1n) is 5.73. The molecule has 0 amide bonds. The maximum absolute atomic E-state index is 9.19. The topological polar surface area (TPSA) is 87.4 Å². The normalized spacial score (nSPS) is 9.48. The SMILES string of the molecule is Cl.N#Cc1sc(Nc2ncccn2)nc1-c1ccccn1. The molecular formula is C13H9ClN6S. The number of hydrogen-bond acceptors (Lipinski definition) is 7. The Morgan fingerprint density at radius 2 is 1.81 bits per heavy atom. The van der Waals surface area contributed by atoms with Gasteiger partial charge in [0.05, 0.1) is 5.69 Å². The van der Waals surface area contributed by atoms with Crippen LogP contribution in [0.15, 0.2) is 42.9 Å². The predicted octanol–water partition coefficient (Wildman–Crippen LogP) is 3.03. The molecule has 8 heteroatoms. The number of rotatable bonds is 3. The summed E-state index contributed by atoms with van der Waals surface area (Å²) < 4.78 is 0. The van der Waals surface area contributed by atoms with Crippen molar-refractivity contribution in [2.24, 2.45) is 0 Å². The number of halogens is 1. The van der Waals surface area contributed by atoms with Crippen molar-refractivity contribution in [3.05, 3.63) is 47.7 Å². The zero-order chi connectivity index (χ0) is 13.8. The summed E-state index contributed by atoms with van der Waals surface area (Å²) in [6.07, 6.45) is 4.94. The summed E-state index contributed by atoms with van der Waals surface area (Å²) in [6.45, 7) is 0. The van der Waals surface area contributed by atoms with Crippen molar-refractivity contribution in [1.82, 2.24) is 19.9 Å². The average molecular weight is 317 g/mol. The Kier molecular flexibility index (Phi) is 4.77. The van der Waals surface area contributed by atoms with Crippen LogP contribution in [0.25, 0.3) is 11.4 Å². The smallest absolute Gasteiger partial charge is 0.228 e. The zero-order valence-corrected chi connectivity index (χ0v) is 12.2. The lowest BCUT2D eigenvalue weighted by Gasteiger charge is -1.98. The third kappa shape index (κ3) is 3.31. The van der Waals surface area contributed by atoms with Crippen LogP contribution in [0, 0.1) is 11.3 Å². The fourth-order valence-electron chi connectivity index (χ4n) is 1.59. The van der Waals surface area contributed by atoms with Gasteiger partial charge in [0, 0.05) is 18.6 Å². The quantitative estimate of drug-likeness (QED) is 0.799. The van der Waals surface area contributed by atoms with Gasteiger partial charge in [-0.05, 0) is 18.2 Å². The third-order valence-electron chi connectivity index (χ3n) is 2.42. The molecule has 0 bridgehead atoms. The molecule has 1 N–H and O–H groups in total. The van der Waals surface area contributed by atoms with Crippen LogP contribution in [0.1, 0.15) is 4.88 Å². The van der Waals surface area contributed by atoms with Crippen molar-refractivity contribution in [1.29, 1.82) is 5.26 Å². The number of aromatic nitrogens is 4. The Morgan fingerprint density at radius 1 is 1.05 bits per heavy atom. The van der Waals surface area contributed by atoms with E-state index in [1.807, 2.05) is 18.2 Å². The van der Waals surface area contributed by atoms with Gasteiger partial charge in [-0.3, -0.25) is 10.3 Å². The maximum atomic E-state index is 9.19. The van der Waals surface area contributed by atoms with Crippen LogP contribution in [0.5, 0.6) is 0 Å². The minimum atomic E-state index is 0. The van der Waals surface area contributed by atoms with Crippen molar-refractivity contribution in [3.63, 3.8) is 0 Å². The molecule has 0 aliphatic carbocycles. The molecule has 0 spiro atoms. The minimum absolute atomic E-state index is 0. The largest absolute Gasteiger partial charge is 0.300 e. The van der Waals surface area contributed by atoms with E-state index in [9.17, 15) is 5.26 Å². The summed E-state index contributed by atoms with van der Waals surface area (Å²) in [4.78, 5) is 17.2. The van der Waals surface area contributed by atoms with Crippen LogP contribution in [0.3, 0.4) is 0 Å². The van der Waals surface area contributed by atoms with Gasteiger partial charge in [0.1, 0.15) is 16.6 Å². The molecule has 0 radical (unpaired) electrons. The predicted molar refractivity (Wildman–Crippen MR) is 82.6 cm³/mol. The summed E-state index contributed by atoms with van der Waals surface area (Å²) >= 11 is 1.25. The van der Waals surface area contributed by atoms with E-state index in [-0.39, 0.29) is 12.4 Å². The van der Waals surface area contributed by atoms with Gasteiger partial charge in [-0.15, -0.1) is 12.4 Å². The van der Waals surface area contributed by atoms with Crippen LogP contribution in [-0.2, 0) is 0 Å². The van der Waals surface area contributed by atoms with E-state index in [2.05, 4.69) is 31.3 Å². The molecule has 21 heavy (non-hydrogen) atoms. The van der Waals surface area contributed by atoms with E-state index in [0.29, 0.717) is 27.3 Å². The Hall–Kier alpha value is -2.56. The van der Waals surface area contributed by atoms with Gasteiger partial charge in [-0.1, -0.05) is 17.4 Å². The highest BCUT2D eigenvalue weighted by Gasteiger charge is 2.14. The molecule has 0 saturated heterocycles. The average Bonchev–Trinajstić information content (AvgIpc) is 2.92. The van der Waals surface area contributed by atoms with Gasteiger partial charge in [-0.2, -0.15) is 5.26 Å². The van der Waals surface area contributed by atoms with Crippen molar-refractivity contribution in [3.8, 4) is 17.5 Å². The lowest BCUT2D eigenvalue weighted by Crippen LogP contribution is -1.95. The summed E-state index contributed by atoms with van der Waals surface area (Å²) in [5, 5.41) is 12.7. The van der Waals surface area contributed by atoms with Crippen LogP contribution >= 0.6 is 23.7 Å². The molecule has 3 aromatic heterocycles. The summed E-state index contributed by atoms with van der Waals surface area (Å²) in [6, 6.07) is 9.36. The highest BCUT2D eigenvalue weighted by Crippen LogP contribution is 2.30. The van der Waals surface area contributed by atoms with E-state index in [1.165, 1.54) is 11.3 Å². The van der Waals surface area contributed by atoms with Gasteiger partial charge in [0.15, 0.2) is 5.13 Å². The molecule has 0 aliphatic rings. The Bertz CT molecular complexity index is 753. The van der Waals surface area contributed by atoms with Gasteiger partial charge in [0.25, 0.3) is 0 Å². The highest BCUT2D eigenvalue weighted by atomic mass is 35.5. The molecule has 104 valence electrons. The molecule has 3 rings (SSSR count). The van der Waals surface area contributed by atoms with Crippen molar-refractivity contribution in [2.75, 3.05) is 5.32 Å². The van der Waals surface area contributed by atoms with E-state index < -0.39 is 0 Å². The molecule has 3 heterocycles. The van der Waals surface area contributed by atoms with Crippen LogP contribution in [0.2, 0.25) is 0 Å². The van der Waals surface area contributed by atoms with Crippen molar-refractivity contribution in [2.45, 2.75) is 0 Å². The molecule has 6 nitrogen and oxygen atoms in total. The number of hydrogen-bond donors (Lipinski definition) is 1. The number of pyridine rings is 1. The van der Waals surface area contributed by atoms with Crippen LogP contribution < -0.4 is 5.32 Å². The molecule has 0 fully saturated rings. The van der Waals surface area contributed by atoms with Crippen molar-refractivity contribution >= 4 is 34.8 Å². The molecule has 0 aromatic carbocycles. The third-order valence-corrected chi connectivity index (χ3v) is 3.30. The second-order valence-corrected chi connectivity index (χ2v) is 4.72. The van der Waals surface area contributed by atoms with Gasteiger partial charge < -0.3 is 0 Å². The molecule has 0 aliphatic heterocycles. The molecule has 0 atom stereocenters. The monoisotopic (exact) mass is 316 g/mol. The molecule has 3 aromatic rings. The number of thiazole rings is 1. The number of anilines is 2. The first kappa shape index (κ1) is 14.8. The van der Waals surface area contributed by atoms with Gasteiger partial charge in [0.2, 0.25) is 5.95 Å². The Morgan fingerprint density at radius 3 is 2.48 bits per heavy atom. The first-order valence-corrected chi connectivity index (χ1v) is 6.55. The van der Waals surface area contributed by atoms with E-state index in [1.54, 1.807) is 24.7 Å². The minimum Gasteiger partial charge on any atom is -0.300 e. The number of nitrogens with zero attached hydrogens (tertiary/aromatic N) is 5. The first-order chi connectivity index (χ1) is 9.86. The van der Waals surface area contributed by atoms with E-state index >= 15 is 0 Å². The fourth-order valence-corrected chi connectivity index (χ4v) is 2.35. The maximum Gasteiger partial charge on any atom is 0.228 e. The number of nitrogens with one attached hydrogen (secondary N) is 1. The second-order valence-electron chi connectivity index (χ2n) is 3.72. The number of nitriles is 1. The Balaban J connectivity index is 0.00000161. The highest BCUT2D eigenvalue weighted by molar-refractivity contribution is 7.16.